The lowest BCUT2D eigenvalue weighted by atomic mass is 10.1. The summed E-state index contributed by atoms with van der Waals surface area (Å²) in [6.45, 7) is 0. The third-order valence-electron chi connectivity index (χ3n) is 3.04. The van der Waals surface area contributed by atoms with Gasteiger partial charge in [-0.15, -0.1) is 11.8 Å². The molecule has 0 aliphatic rings. The summed E-state index contributed by atoms with van der Waals surface area (Å²) >= 11 is 1.67. The first kappa shape index (κ1) is 15.6. The zero-order valence-corrected chi connectivity index (χ0v) is 12.7. The highest BCUT2D eigenvalue weighted by atomic mass is 32.2. The number of Topliss-reactive ketones (excluding diaryl/α,β-unsaturated/α-hetero) is 1. The highest BCUT2D eigenvalue weighted by molar-refractivity contribution is 7.99. The summed E-state index contributed by atoms with van der Waals surface area (Å²) in [5, 5.41) is 0. The summed E-state index contributed by atoms with van der Waals surface area (Å²) < 4.78 is 18.1. The molecular formula is C17H17FO2S. The van der Waals surface area contributed by atoms with Crippen LogP contribution in [0, 0.1) is 5.82 Å². The van der Waals surface area contributed by atoms with E-state index in [2.05, 4.69) is 0 Å². The Bertz CT molecular complexity index is 596. The minimum Gasteiger partial charge on any atom is -0.496 e. The fourth-order valence-electron chi connectivity index (χ4n) is 1.93. The number of para-hydroxylation sites is 1. The van der Waals surface area contributed by atoms with Gasteiger partial charge in [0.1, 0.15) is 11.6 Å². The number of ketones is 1. The molecule has 0 aliphatic carbocycles. The summed E-state index contributed by atoms with van der Waals surface area (Å²) in [5.74, 6) is 1.43. The van der Waals surface area contributed by atoms with Crippen molar-refractivity contribution in [2.45, 2.75) is 17.7 Å². The predicted octanol–water partition coefficient (Wildman–Crippen LogP) is 4.59. The third kappa shape index (κ3) is 4.60. The monoisotopic (exact) mass is 304 g/mol. The van der Waals surface area contributed by atoms with E-state index >= 15 is 0 Å². The Morgan fingerprint density at radius 1 is 1.14 bits per heavy atom. The van der Waals surface area contributed by atoms with Crippen LogP contribution in [0.3, 0.4) is 0 Å². The number of rotatable bonds is 7. The Balaban J connectivity index is 1.79. The van der Waals surface area contributed by atoms with Crippen LogP contribution >= 0.6 is 11.8 Å². The van der Waals surface area contributed by atoms with E-state index in [4.69, 9.17) is 4.74 Å². The number of methoxy groups -OCH3 is 1. The number of halogens is 1. The SMILES string of the molecule is COc1ccccc1SCCCC(=O)c1ccc(F)cc1. The Morgan fingerprint density at radius 3 is 2.57 bits per heavy atom. The number of carbonyl (C=O) groups excluding carboxylic acids is 1. The van der Waals surface area contributed by atoms with Gasteiger partial charge in [-0.2, -0.15) is 0 Å². The van der Waals surface area contributed by atoms with Gasteiger partial charge in [-0.05, 0) is 48.6 Å². The van der Waals surface area contributed by atoms with Crippen molar-refractivity contribution in [3.63, 3.8) is 0 Å². The van der Waals surface area contributed by atoms with Gasteiger partial charge in [0.2, 0.25) is 0 Å². The largest absolute Gasteiger partial charge is 0.496 e. The minimum absolute atomic E-state index is 0.0515. The van der Waals surface area contributed by atoms with Gasteiger partial charge in [-0.25, -0.2) is 4.39 Å². The highest BCUT2D eigenvalue weighted by Gasteiger charge is 2.07. The summed E-state index contributed by atoms with van der Waals surface area (Å²) in [6, 6.07) is 13.5. The summed E-state index contributed by atoms with van der Waals surface area (Å²) in [6.07, 6.45) is 1.24. The molecule has 2 nitrogen and oxygen atoms in total. The highest BCUT2D eigenvalue weighted by Crippen LogP contribution is 2.29. The van der Waals surface area contributed by atoms with E-state index in [0.29, 0.717) is 12.0 Å². The summed E-state index contributed by atoms with van der Waals surface area (Å²) in [5.41, 5.74) is 0.568. The minimum atomic E-state index is -0.321. The molecule has 0 unspecified atom stereocenters. The van der Waals surface area contributed by atoms with Crippen molar-refractivity contribution in [1.29, 1.82) is 0 Å². The molecule has 0 saturated carbocycles. The molecule has 0 aromatic heterocycles. The van der Waals surface area contributed by atoms with Crippen molar-refractivity contribution < 1.29 is 13.9 Å². The average molecular weight is 304 g/mol. The summed E-state index contributed by atoms with van der Waals surface area (Å²) in [4.78, 5) is 13.0. The van der Waals surface area contributed by atoms with Gasteiger partial charge in [0, 0.05) is 16.9 Å². The van der Waals surface area contributed by atoms with Crippen LogP contribution in [0.25, 0.3) is 0 Å². The van der Waals surface area contributed by atoms with Crippen LogP contribution in [0.15, 0.2) is 53.4 Å². The van der Waals surface area contributed by atoms with Crippen LogP contribution in [-0.2, 0) is 0 Å². The van der Waals surface area contributed by atoms with E-state index < -0.39 is 0 Å². The van der Waals surface area contributed by atoms with Crippen molar-refractivity contribution in [2.24, 2.45) is 0 Å². The normalized spacial score (nSPS) is 10.4. The van der Waals surface area contributed by atoms with Crippen molar-refractivity contribution >= 4 is 17.5 Å². The van der Waals surface area contributed by atoms with Crippen LogP contribution in [0.5, 0.6) is 5.75 Å². The molecule has 0 bridgehead atoms. The molecule has 110 valence electrons. The van der Waals surface area contributed by atoms with Crippen molar-refractivity contribution in [3.8, 4) is 5.75 Å². The van der Waals surface area contributed by atoms with E-state index in [1.54, 1.807) is 18.9 Å². The van der Waals surface area contributed by atoms with Crippen LogP contribution in [0.1, 0.15) is 23.2 Å². The van der Waals surface area contributed by atoms with E-state index in [9.17, 15) is 9.18 Å². The Labute approximate surface area is 128 Å². The Hall–Kier alpha value is -1.81. The molecule has 2 rings (SSSR count). The molecule has 2 aromatic carbocycles. The van der Waals surface area contributed by atoms with Gasteiger partial charge in [-0.1, -0.05) is 12.1 Å². The average Bonchev–Trinajstić information content (AvgIpc) is 2.52. The van der Waals surface area contributed by atoms with Gasteiger partial charge in [0.05, 0.1) is 7.11 Å². The maximum Gasteiger partial charge on any atom is 0.162 e. The number of carbonyl (C=O) groups is 1. The lowest BCUT2D eigenvalue weighted by Crippen LogP contribution is -1.99. The molecule has 0 heterocycles. The number of benzene rings is 2. The van der Waals surface area contributed by atoms with Crippen molar-refractivity contribution in [3.05, 3.63) is 59.9 Å². The molecule has 0 aliphatic heterocycles. The Morgan fingerprint density at radius 2 is 1.86 bits per heavy atom. The first-order valence-corrected chi connectivity index (χ1v) is 7.74. The second-order valence-corrected chi connectivity index (χ2v) is 5.67. The standard InChI is InChI=1S/C17H17FO2S/c1-20-16-6-2-3-7-17(16)21-12-4-5-15(19)13-8-10-14(18)11-9-13/h2-3,6-11H,4-5,12H2,1H3. The molecule has 2 aromatic rings. The van der Waals surface area contributed by atoms with E-state index in [1.807, 2.05) is 24.3 Å². The quantitative estimate of drug-likeness (QED) is 0.425. The fourth-order valence-corrected chi connectivity index (χ4v) is 2.91. The maximum atomic E-state index is 12.8. The number of hydrogen-bond acceptors (Lipinski definition) is 3. The van der Waals surface area contributed by atoms with Gasteiger partial charge in [0.25, 0.3) is 0 Å². The van der Waals surface area contributed by atoms with Gasteiger partial charge in [-0.3, -0.25) is 4.79 Å². The number of thioether (sulfide) groups is 1. The van der Waals surface area contributed by atoms with Gasteiger partial charge < -0.3 is 4.74 Å². The Kier molecular flexibility index (Phi) is 5.81. The van der Waals surface area contributed by atoms with Crippen molar-refractivity contribution in [1.82, 2.24) is 0 Å². The van der Waals surface area contributed by atoms with Gasteiger partial charge in [0.15, 0.2) is 5.78 Å². The van der Waals surface area contributed by atoms with E-state index in [0.717, 1.165) is 22.8 Å². The van der Waals surface area contributed by atoms with Gasteiger partial charge >= 0.3 is 0 Å². The first-order chi connectivity index (χ1) is 10.2. The molecule has 0 N–H and O–H groups in total. The smallest absolute Gasteiger partial charge is 0.162 e. The fraction of sp³-hybridized carbons (Fsp3) is 0.235. The zero-order chi connectivity index (χ0) is 15.1. The molecule has 0 atom stereocenters. The van der Waals surface area contributed by atoms with Crippen LogP contribution < -0.4 is 4.74 Å². The molecule has 0 saturated heterocycles. The molecule has 21 heavy (non-hydrogen) atoms. The molecule has 4 heteroatoms. The first-order valence-electron chi connectivity index (χ1n) is 6.75. The lowest BCUT2D eigenvalue weighted by Gasteiger charge is -2.07. The second-order valence-electron chi connectivity index (χ2n) is 4.53. The van der Waals surface area contributed by atoms with E-state index in [-0.39, 0.29) is 11.6 Å². The third-order valence-corrected chi connectivity index (χ3v) is 4.18. The van der Waals surface area contributed by atoms with Crippen LogP contribution in [0.2, 0.25) is 0 Å². The molecule has 0 spiro atoms. The molecular weight excluding hydrogens is 287 g/mol. The maximum absolute atomic E-state index is 12.8. The topological polar surface area (TPSA) is 26.3 Å². The second kappa shape index (κ2) is 7.84. The molecule has 0 radical (unpaired) electrons. The van der Waals surface area contributed by atoms with Crippen LogP contribution in [0.4, 0.5) is 4.39 Å². The predicted molar refractivity (Wildman–Crippen MR) is 83.7 cm³/mol. The summed E-state index contributed by atoms with van der Waals surface area (Å²) in [7, 11) is 1.65. The van der Waals surface area contributed by atoms with Crippen molar-refractivity contribution in [2.75, 3.05) is 12.9 Å². The molecule has 0 fully saturated rings. The number of hydrogen-bond donors (Lipinski definition) is 0. The zero-order valence-electron chi connectivity index (χ0n) is 11.8. The van der Waals surface area contributed by atoms with Crippen LogP contribution in [-0.4, -0.2) is 18.6 Å². The lowest BCUT2D eigenvalue weighted by molar-refractivity contribution is 0.0982. The molecule has 0 amide bonds. The van der Waals surface area contributed by atoms with E-state index in [1.165, 1.54) is 24.3 Å². The number of ether oxygens (including phenoxy) is 1.